The van der Waals surface area contributed by atoms with Crippen molar-refractivity contribution in [2.24, 2.45) is 0 Å². The van der Waals surface area contributed by atoms with Crippen LogP contribution >= 0.6 is 11.6 Å². The van der Waals surface area contributed by atoms with Crippen LogP contribution < -0.4 is 9.64 Å². The maximum absolute atomic E-state index is 6.52. The number of rotatable bonds is 9. The molecule has 0 bridgehead atoms. The summed E-state index contributed by atoms with van der Waals surface area (Å²) in [5.41, 5.74) is 2.37. The molecule has 0 amide bonds. The maximum atomic E-state index is 6.52. The van der Waals surface area contributed by atoms with Crippen LogP contribution in [0.5, 0.6) is 5.75 Å². The van der Waals surface area contributed by atoms with Crippen LogP contribution in [0.1, 0.15) is 24.8 Å². The molecule has 7 heteroatoms. The molecular formula is C26H30ClN3O3. The second-order valence-corrected chi connectivity index (χ2v) is 9.23. The first-order chi connectivity index (χ1) is 16.2. The number of aryl methyl sites for hydroxylation is 1. The fraction of sp³-hybridized carbons (Fsp3) is 0.423. The minimum Gasteiger partial charge on any atom is -0.489 e. The first kappa shape index (κ1) is 22.3. The topological polar surface area (TPSA) is 48.8 Å². The third kappa shape index (κ3) is 5.52. The van der Waals surface area contributed by atoms with Gasteiger partial charge in [-0.05, 0) is 49.1 Å². The molecule has 2 fully saturated rings. The fourth-order valence-corrected chi connectivity index (χ4v) is 4.74. The van der Waals surface area contributed by atoms with Gasteiger partial charge < -0.3 is 23.7 Å². The summed E-state index contributed by atoms with van der Waals surface area (Å²) in [7, 11) is 0. The number of aromatic nitrogens is 2. The molecule has 3 heterocycles. The molecule has 2 saturated heterocycles. The Hall–Kier alpha value is -2.54. The zero-order chi connectivity index (χ0) is 22.5. The Balaban J connectivity index is 1.24. The Morgan fingerprint density at radius 3 is 2.70 bits per heavy atom. The number of nitrogens with zero attached hydrogens (tertiary/aromatic N) is 3. The highest BCUT2D eigenvalue weighted by atomic mass is 35.5. The summed E-state index contributed by atoms with van der Waals surface area (Å²) >= 11 is 6.04. The Labute approximate surface area is 200 Å². The van der Waals surface area contributed by atoms with E-state index in [1.807, 2.05) is 35.0 Å². The van der Waals surface area contributed by atoms with E-state index < -0.39 is 5.79 Å². The Morgan fingerprint density at radius 2 is 1.91 bits per heavy atom. The largest absolute Gasteiger partial charge is 0.489 e. The lowest BCUT2D eigenvalue weighted by Gasteiger charge is -2.29. The maximum Gasteiger partial charge on any atom is 0.187 e. The second-order valence-electron chi connectivity index (χ2n) is 8.80. The van der Waals surface area contributed by atoms with Crippen molar-refractivity contribution in [1.29, 1.82) is 0 Å². The van der Waals surface area contributed by atoms with Gasteiger partial charge in [-0.3, -0.25) is 0 Å². The number of benzene rings is 2. The van der Waals surface area contributed by atoms with Crippen LogP contribution in [0.3, 0.4) is 0 Å². The number of hydrogen-bond donors (Lipinski definition) is 0. The zero-order valence-electron chi connectivity index (χ0n) is 18.7. The van der Waals surface area contributed by atoms with Crippen LogP contribution in [0.2, 0.25) is 5.02 Å². The molecule has 33 heavy (non-hydrogen) atoms. The highest BCUT2D eigenvalue weighted by Gasteiger charge is 2.42. The summed E-state index contributed by atoms with van der Waals surface area (Å²) < 4.78 is 21.1. The molecular weight excluding hydrogens is 438 g/mol. The van der Waals surface area contributed by atoms with E-state index in [0.717, 1.165) is 36.7 Å². The van der Waals surface area contributed by atoms with Crippen LogP contribution in [0.25, 0.3) is 0 Å². The van der Waals surface area contributed by atoms with Crippen molar-refractivity contribution < 1.29 is 14.2 Å². The van der Waals surface area contributed by atoms with Gasteiger partial charge in [0.15, 0.2) is 5.79 Å². The number of imidazole rings is 1. The molecule has 174 valence electrons. The summed E-state index contributed by atoms with van der Waals surface area (Å²) in [6, 6.07) is 16.2. The van der Waals surface area contributed by atoms with Crippen molar-refractivity contribution in [1.82, 2.24) is 9.55 Å². The van der Waals surface area contributed by atoms with E-state index in [9.17, 15) is 0 Å². The molecule has 5 rings (SSSR count). The highest BCUT2D eigenvalue weighted by Crippen LogP contribution is 2.34. The van der Waals surface area contributed by atoms with Crippen LogP contribution in [0.4, 0.5) is 5.69 Å². The number of ether oxygens (including phenoxy) is 3. The summed E-state index contributed by atoms with van der Waals surface area (Å²) in [5, 5.41) is 0.742. The summed E-state index contributed by atoms with van der Waals surface area (Å²) in [5.74, 6) is 0.194. The quantitative estimate of drug-likeness (QED) is 0.445. The first-order valence-electron chi connectivity index (χ1n) is 11.7. The van der Waals surface area contributed by atoms with Gasteiger partial charge in [0.25, 0.3) is 0 Å². The van der Waals surface area contributed by atoms with Crippen LogP contribution in [-0.2, 0) is 22.4 Å². The number of halogens is 1. The molecule has 6 nitrogen and oxygen atoms in total. The van der Waals surface area contributed by atoms with E-state index in [1.54, 1.807) is 12.5 Å². The van der Waals surface area contributed by atoms with Crippen LogP contribution in [-0.4, -0.2) is 47.7 Å². The summed E-state index contributed by atoms with van der Waals surface area (Å²) in [6.07, 6.45) is 9.41. The SMILES string of the molecule is Clc1ccc(CCC2(Cn3ccnc3)OCC(COc3ccccc3N3CCCC3)O2)cc1. The summed E-state index contributed by atoms with van der Waals surface area (Å²) in [4.78, 5) is 6.57. The number of anilines is 1. The average Bonchev–Trinajstić information content (AvgIpc) is 3.61. The van der Waals surface area contributed by atoms with Crippen LogP contribution in [0.15, 0.2) is 67.3 Å². The lowest BCUT2D eigenvalue weighted by molar-refractivity contribution is -0.184. The van der Waals surface area contributed by atoms with E-state index in [-0.39, 0.29) is 6.10 Å². The molecule has 2 atom stereocenters. The third-order valence-electron chi connectivity index (χ3n) is 6.34. The monoisotopic (exact) mass is 467 g/mol. The van der Waals surface area contributed by atoms with Crippen molar-refractivity contribution in [3.8, 4) is 5.75 Å². The predicted octanol–water partition coefficient (Wildman–Crippen LogP) is 4.96. The highest BCUT2D eigenvalue weighted by molar-refractivity contribution is 6.30. The number of para-hydroxylation sites is 2. The normalized spacial score (nSPS) is 22.7. The van der Waals surface area contributed by atoms with Gasteiger partial charge in [0.05, 0.1) is 25.2 Å². The summed E-state index contributed by atoms with van der Waals surface area (Å²) in [6.45, 7) is 3.71. The van der Waals surface area contributed by atoms with Gasteiger partial charge in [0, 0.05) is 36.9 Å². The van der Waals surface area contributed by atoms with E-state index in [4.69, 9.17) is 25.8 Å². The minimum absolute atomic E-state index is 0.134. The molecule has 0 radical (unpaired) electrons. The van der Waals surface area contributed by atoms with E-state index in [1.165, 1.54) is 24.1 Å². The minimum atomic E-state index is -0.719. The molecule has 0 N–H and O–H groups in total. The lowest BCUT2D eigenvalue weighted by atomic mass is 10.0. The molecule has 0 aliphatic carbocycles. The lowest BCUT2D eigenvalue weighted by Crippen LogP contribution is -2.37. The molecule has 2 aliphatic rings. The van der Waals surface area contributed by atoms with Gasteiger partial charge in [-0.2, -0.15) is 0 Å². The van der Waals surface area contributed by atoms with Crippen molar-refractivity contribution in [2.45, 2.75) is 44.1 Å². The standard InChI is InChI=1S/C26H30ClN3O3/c27-22-9-7-21(8-10-22)11-12-26(19-29-16-13-28-20-29)32-18-23(33-26)17-31-25-6-2-1-5-24(25)30-14-3-4-15-30/h1-2,5-10,13,16,20,23H,3-4,11-12,14-15,17-19H2. The van der Waals surface area contributed by atoms with Crippen molar-refractivity contribution in [3.05, 3.63) is 77.8 Å². The van der Waals surface area contributed by atoms with Gasteiger partial charge in [-0.15, -0.1) is 0 Å². The van der Waals surface area contributed by atoms with Crippen molar-refractivity contribution in [2.75, 3.05) is 31.2 Å². The molecule has 0 saturated carbocycles. The Bertz CT molecular complexity index is 1020. The smallest absolute Gasteiger partial charge is 0.187 e. The number of hydrogen-bond acceptors (Lipinski definition) is 5. The van der Waals surface area contributed by atoms with Gasteiger partial charge in [-0.1, -0.05) is 35.9 Å². The predicted molar refractivity (Wildman–Crippen MR) is 129 cm³/mol. The zero-order valence-corrected chi connectivity index (χ0v) is 19.5. The molecule has 3 aromatic rings. The fourth-order valence-electron chi connectivity index (χ4n) is 4.62. The van der Waals surface area contributed by atoms with Gasteiger partial charge >= 0.3 is 0 Å². The van der Waals surface area contributed by atoms with Gasteiger partial charge in [0.1, 0.15) is 18.5 Å². The molecule has 2 aromatic carbocycles. The van der Waals surface area contributed by atoms with Gasteiger partial charge in [-0.25, -0.2) is 4.98 Å². The Morgan fingerprint density at radius 1 is 1.09 bits per heavy atom. The van der Waals surface area contributed by atoms with Crippen LogP contribution in [0, 0.1) is 0 Å². The molecule has 0 spiro atoms. The Kier molecular flexibility index (Phi) is 6.85. The van der Waals surface area contributed by atoms with E-state index in [2.05, 4.69) is 34.1 Å². The molecule has 2 unspecified atom stereocenters. The molecule has 1 aromatic heterocycles. The van der Waals surface area contributed by atoms with E-state index in [0.29, 0.717) is 19.8 Å². The second kappa shape index (κ2) is 10.2. The van der Waals surface area contributed by atoms with E-state index >= 15 is 0 Å². The van der Waals surface area contributed by atoms with Gasteiger partial charge in [0.2, 0.25) is 0 Å². The first-order valence-corrected chi connectivity index (χ1v) is 12.1. The van der Waals surface area contributed by atoms with Crippen molar-refractivity contribution >= 4 is 17.3 Å². The molecule has 2 aliphatic heterocycles. The average molecular weight is 468 g/mol. The van der Waals surface area contributed by atoms with Crippen molar-refractivity contribution in [3.63, 3.8) is 0 Å². The third-order valence-corrected chi connectivity index (χ3v) is 6.59.